The molecule has 1 heterocycles. The van der Waals surface area contributed by atoms with Crippen molar-refractivity contribution in [2.24, 2.45) is 0 Å². The van der Waals surface area contributed by atoms with Gasteiger partial charge in [0.25, 0.3) is 5.91 Å². The van der Waals surface area contributed by atoms with Gasteiger partial charge in [0.2, 0.25) is 5.91 Å². The molecule has 156 valence electrons. The molecule has 6 nitrogen and oxygen atoms in total. The van der Waals surface area contributed by atoms with E-state index in [-0.39, 0.29) is 23.7 Å². The summed E-state index contributed by atoms with van der Waals surface area (Å²) < 4.78 is 5.30. The minimum absolute atomic E-state index is 0.105. The van der Waals surface area contributed by atoms with Crippen LogP contribution in [0.15, 0.2) is 53.1 Å². The van der Waals surface area contributed by atoms with E-state index >= 15 is 0 Å². The first-order chi connectivity index (χ1) is 14.1. The second kappa shape index (κ2) is 8.90. The zero-order chi connectivity index (χ0) is 21.9. The lowest BCUT2D eigenvalue weighted by Crippen LogP contribution is -2.15. The summed E-state index contributed by atoms with van der Waals surface area (Å²) in [4.78, 5) is 24.6. The fraction of sp³-hybridized carbons (Fsp3) is 0.227. The van der Waals surface area contributed by atoms with Gasteiger partial charge in [-0.15, -0.1) is 0 Å². The van der Waals surface area contributed by atoms with Crippen LogP contribution in [0.1, 0.15) is 42.6 Å². The Labute approximate surface area is 184 Å². The van der Waals surface area contributed by atoms with Gasteiger partial charge in [-0.1, -0.05) is 49.1 Å². The highest BCUT2D eigenvalue weighted by Gasteiger charge is 2.20. The topological polar surface area (TPSA) is 84.2 Å². The van der Waals surface area contributed by atoms with Crippen LogP contribution in [0.4, 0.5) is 11.4 Å². The third-order valence-electron chi connectivity index (χ3n) is 4.19. The molecule has 0 saturated carbocycles. The number of anilines is 2. The van der Waals surface area contributed by atoms with Gasteiger partial charge in [0.15, 0.2) is 0 Å². The number of nitrogens with zero attached hydrogens (tertiary/aromatic N) is 1. The number of rotatable bonds is 5. The van der Waals surface area contributed by atoms with Crippen molar-refractivity contribution in [3.05, 3.63) is 75.6 Å². The molecule has 0 fully saturated rings. The first kappa shape index (κ1) is 21.9. The molecule has 0 radical (unpaired) electrons. The van der Waals surface area contributed by atoms with Crippen LogP contribution in [-0.2, 0) is 16.6 Å². The fourth-order valence-corrected chi connectivity index (χ4v) is 3.17. The highest BCUT2D eigenvalue weighted by Crippen LogP contribution is 2.23. The van der Waals surface area contributed by atoms with Gasteiger partial charge in [-0.05, 0) is 42.5 Å². The zero-order valence-electron chi connectivity index (χ0n) is 16.8. The van der Waals surface area contributed by atoms with Gasteiger partial charge in [-0.25, -0.2) is 0 Å². The van der Waals surface area contributed by atoms with Crippen LogP contribution in [0.25, 0.3) is 0 Å². The van der Waals surface area contributed by atoms with Crippen molar-refractivity contribution >= 4 is 46.4 Å². The summed E-state index contributed by atoms with van der Waals surface area (Å²) in [6, 6.07) is 13.2. The summed E-state index contributed by atoms with van der Waals surface area (Å²) in [5.41, 5.74) is 1.93. The Hall–Kier alpha value is -2.83. The molecule has 2 aromatic carbocycles. The summed E-state index contributed by atoms with van der Waals surface area (Å²) in [5, 5.41) is 10.3. The van der Waals surface area contributed by atoms with E-state index in [1.807, 2.05) is 20.8 Å². The third kappa shape index (κ3) is 5.84. The quantitative estimate of drug-likeness (QED) is 0.526. The fourth-order valence-electron chi connectivity index (χ4n) is 2.64. The molecule has 8 heteroatoms. The minimum Gasteiger partial charge on any atom is -0.361 e. The summed E-state index contributed by atoms with van der Waals surface area (Å²) >= 11 is 11.9. The van der Waals surface area contributed by atoms with Crippen LogP contribution in [0.2, 0.25) is 10.0 Å². The van der Waals surface area contributed by atoms with Crippen LogP contribution < -0.4 is 10.6 Å². The maximum Gasteiger partial charge on any atom is 0.255 e. The predicted molar refractivity (Wildman–Crippen MR) is 118 cm³/mol. The number of nitrogens with one attached hydrogen (secondary N) is 2. The lowest BCUT2D eigenvalue weighted by molar-refractivity contribution is -0.115. The second-order valence-electron chi connectivity index (χ2n) is 7.85. The Morgan fingerprint density at radius 2 is 1.50 bits per heavy atom. The van der Waals surface area contributed by atoms with Crippen molar-refractivity contribution in [1.29, 1.82) is 0 Å². The molecule has 0 atom stereocenters. The van der Waals surface area contributed by atoms with Crippen LogP contribution >= 0.6 is 23.2 Å². The molecule has 0 aliphatic heterocycles. The van der Waals surface area contributed by atoms with E-state index in [0.717, 1.165) is 5.76 Å². The predicted octanol–water partition coefficient (Wildman–Crippen LogP) is 5.71. The first-order valence-corrected chi connectivity index (χ1v) is 9.99. The van der Waals surface area contributed by atoms with Crippen LogP contribution in [0.3, 0.4) is 0 Å². The Balaban J connectivity index is 1.58. The average Bonchev–Trinajstić information content (AvgIpc) is 3.11. The second-order valence-corrected chi connectivity index (χ2v) is 8.72. The summed E-state index contributed by atoms with van der Waals surface area (Å²) in [6.07, 6.45) is 0.105. The van der Waals surface area contributed by atoms with E-state index in [4.69, 9.17) is 27.7 Å². The van der Waals surface area contributed by atoms with E-state index in [1.165, 1.54) is 12.1 Å². The molecule has 0 spiro atoms. The molecule has 30 heavy (non-hydrogen) atoms. The lowest BCUT2D eigenvalue weighted by Gasteiger charge is -2.12. The molecule has 0 unspecified atom stereocenters. The normalized spacial score (nSPS) is 11.2. The van der Waals surface area contributed by atoms with E-state index in [0.29, 0.717) is 32.7 Å². The van der Waals surface area contributed by atoms with Crippen LogP contribution in [-0.4, -0.2) is 17.0 Å². The van der Waals surface area contributed by atoms with Crippen molar-refractivity contribution in [3.63, 3.8) is 0 Å². The van der Waals surface area contributed by atoms with E-state index in [9.17, 15) is 9.59 Å². The highest BCUT2D eigenvalue weighted by atomic mass is 35.5. The average molecular weight is 446 g/mol. The molecule has 1 aromatic heterocycles. The van der Waals surface area contributed by atoms with Gasteiger partial charge >= 0.3 is 0 Å². The van der Waals surface area contributed by atoms with E-state index in [2.05, 4.69) is 15.8 Å². The first-order valence-electron chi connectivity index (χ1n) is 9.23. The van der Waals surface area contributed by atoms with Crippen LogP contribution in [0.5, 0.6) is 0 Å². The van der Waals surface area contributed by atoms with Crippen LogP contribution in [0, 0.1) is 0 Å². The van der Waals surface area contributed by atoms with Gasteiger partial charge in [0.1, 0.15) is 5.76 Å². The standard InChI is InChI=1S/C22H21Cl2N3O3/c1-22(2,3)19-11-18(27-30-19)12-20(28)25-16-4-6-17(7-5-16)26-21(29)13-8-14(23)10-15(24)9-13/h4-11H,12H2,1-3H3,(H,25,28)(H,26,29). The number of carbonyl (C=O) groups is 2. The largest absolute Gasteiger partial charge is 0.361 e. The smallest absolute Gasteiger partial charge is 0.255 e. The van der Waals surface area contributed by atoms with Gasteiger partial charge in [0, 0.05) is 38.5 Å². The maximum absolute atomic E-state index is 12.3. The summed E-state index contributed by atoms with van der Waals surface area (Å²) in [6.45, 7) is 6.04. The number of carbonyl (C=O) groups excluding carboxylic acids is 2. The molecule has 0 aliphatic carbocycles. The Morgan fingerprint density at radius 1 is 0.933 bits per heavy atom. The molecule has 3 rings (SSSR count). The maximum atomic E-state index is 12.3. The molecular weight excluding hydrogens is 425 g/mol. The number of hydrogen-bond donors (Lipinski definition) is 2. The van der Waals surface area contributed by atoms with Gasteiger partial charge in [-0.3, -0.25) is 9.59 Å². The van der Waals surface area contributed by atoms with Gasteiger partial charge in [0.05, 0.1) is 12.1 Å². The Morgan fingerprint density at radius 3 is 2.03 bits per heavy atom. The third-order valence-corrected chi connectivity index (χ3v) is 4.63. The number of halogens is 2. The van der Waals surface area contributed by atoms with E-state index < -0.39 is 0 Å². The molecule has 0 saturated heterocycles. The van der Waals surface area contributed by atoms with Gasteiger partial charge in [-0.2, -0.15) is 0 Å². The molecule has 0 bridgehead atoms. The molecule has 2 amide bonds. The van der Waals surface area contributed by atoms with Crippen molar-refractivity contribution in [2.75, 3.05) is 10.6 Å². The molecule has 0 aliphatic rings. The molecule has 2 N–H and O–H groups in total. The molecular formula is C22H21Cl2N3O3. The zero-order valence-corrected chi connectivity index (χ0v) is 18.3. The van der Waals surface area contributed by atoms with Gasteiger partial charge < -0.3 is 15.2 Å². The van der Waals surface area contributed by atoms with Crippen molar-refractivity contribution in [2.45, 2.75) is 32.6 Å². The van der Waals surface area contributed by atoms with Crippen molar-refractivity contribution < 1.29 is 14.1 Å². The Bertz CT molecular complexity index is 1050. The Kier molecular flexibility index (Phi) is 6.48. The summed E-state index contributed by atoms with van der Waals surface area (Å²) in [5.74, 6) is 0.178. The number of amides is 2. The number of hydrogen-bond acceptors (Lipinski definition) is 4. The minimum atomic E-state index is -0.336. The number of benzene rings is 2. The monoisotopic (exact) mass is 445 g/mol. The highest BCUT2D eigenvalue weighted by molar-refractivity contribution is 6.35. The number of aromatic nitrogens is 1. The molecule has 3 aromatic rings. The van der Waals surface area contributed by atoms with Crippen molar-refractivity contribution in [1.82, 2.24) is 5.16 Å². The SMILES string of the molecule is CC(C)(C)c1cc(CC(=O)Nc2ccc(NC(=O)c3cc(Cl)cc(Cl)c3)cc2)no1. The summed E-state index contributed by atoms with van der Waals surface area (Å²) in [7, 11) is 0. The van der Waals surface area contributed by atoms with E-state index in [1.54, 1.807) is 36.4 Å². The van der Waals surface area contributed by atoms with Crippen molar-refractivity contribution in [3.8, 4) is 0 Å². The lowest BCUT2D eigenvalue weighted by atomic mass is 9.93.